The molecule has 0 saturated heterocycles. The Morgan fingerprint density at radius 3 is 2.37 bits per heavy atom. The minimum Gasteiger partial charge on any atom is -0.378 e. The summed E-state index contributed by atoms with van der Waals surface area (Å²) in [5.74, 6) is -0.383. The molecular weight excluding hydrogens is 238 g/mol. The Labute approximate surface area is 112 Å². The Bertz CT molecular complexity index is 534. The van der Waals surface area contributed by atoms with E-state index in [2.05, 4.69) is 5.32 Å². The molecule has 2 N–H and O–H groups in total. The Hall–Kier alpha value is -2.13. The molecule has 0 bridgehead atoms. The number of benzene rings is 2. The lowest BCUT2D eigenvalue weighted by atomic mass is 10.1. The number of hydrogen-bond donors (Lipinski definition) is 2. The summed E-state index contributed by atoms with van der Waals surface area (Å²) in [5, 5.41) is 12.6. The summed E-state index contributed by atoms with van der Waals surface area (Å²) in [6.07, 6.45) is -1.12. The maximum Gasteiger partial charge on any atom is 0.253 e. The maximum atomic E-state index is 11.8. The van der Waals surface area contributed by atoms with E-state index < -0.39 is 6.10 Å². The first-order valence-corrected chi connectivity index (χ1v) is 6.23. The molecular formula is C16H17NO2. The van der Waals surface area contributed by atoms with Gasteiger partial charge >= 0.3 is 0 Å². The van der Waals surface area contributed by atoms with Crippen LogP contribution in [0.3, 0.4) is 0 Å². The first-order valence-electron chi connectivity index (χ1n) is 6.23. The molecule has 0 fully saturated rings. The summed E-state index contributed by atoms with van der Waals surface area (Å²) in [6.45, 7) is 2.44. The second-order valence-corrected chi connectivity index (χ2v) is 4.52. The highest BCUT2D eigenvalue weighted by molar-refractivity contribution is 5.81. The Balaban J connectivity index is 1.93. The van der Waals surface area contributed by atoms with Crippen LogP contribution < -0.4 is 5.32 Å². The normalized spacial score (nSPS) is 11.9. The predicted octanol–water partition coefficient (Wildman–Crippen LogP) is 2.34. The van der Waals surface area contributed by atoms with Crippen LogP contribution in [-0.2, 0) is 11.3 Å². The van der Waals surface area contributed by atoms with Gasteiger partial charge in [-0.2, -0.15) is 0 Å². The molecule has 0 spiro atoms. The Kier molecular flexibility index (Phi) is 4.31. The molecule has 2 aromatic carbocycles. The molecule has 3 nitrogen and oxygen atoms in total. The topological polar surface area (TPSA) is 49.3 Å². The first-order chi connectivity index (χ1) is 9.16. The van der Waals surface area contributed by atoms with Crippen LogP contribution in [0.1, 0.15) is 22.8 Å². The standard InChI is InChI=1S/C16H17NO2/c1-12-7-9-13(10-8-12)11-17-16(19)15(18)14-5-3-2-4-6-14/h2-10,15,18H,11H2,1H3,(H,17,19). The van der Waals surface area contributed by atoms with Crippen LogP contribution in [0.5, 0.6) is 0 Å². The van der Waals surface area contributed by atoms with E-state index in [9.17, 15) is 9.90 Å². The molecule has 3 heteroatoms. The molecule has 0 aliphatic carbocycles. The molecule has 2 rings (SSSR count). The van der Waals surface area contributed by atoms with Gasteiger partial charge in [0.05, 0.1) is 0 Å². The van der Waals surface area contributed by atoms with Gasteiger partial charge in [-0.15, -0.1) is 0 Å². The van der Waals surface area contributed by atoms with E-state index in [0.29, 0.717) is 12.1 Å². The molecule has 2 aromatic rings. The number of hydrogen-bond acceptors (Lipinski definition) is 2. The zero-order valence-electron chi connectivity index (χ0n) is 10.8. The third-order valence-electron chi connectivity index (χ3n) is 2.95. The van der Waals surface area contributed by atoms with Crippen molar-refractivity contribution in [1.82, 2.24) is 5.32 Å². The number of amides is 1. The molecule has 19 heavy (non-hydrogen) atoms. The molecule has 1 unspecified atom stereocenters. The molecule has 0 radical (unpaired) electrons. The highest BCUT2D eigenvalue weighted by Crippen LogP contribution is 2.12. The van der Waals surface area contributed by atoms with Crippen LogP contribution >= 0.6 is 0 Å². The molecule has 0 aliphatic heterocycles. The second-order valence-electron chi connectivity index (χ2n) is 4.52. The molecule has 0 aromatic heterocycles. The van der Waals surface area contributed by atoms with Crippen molar-refractivity contribution in [2.75, 3.05) is 0 Å². The zero-order valence-corrected chi connectivity index (χ0v) is 10.8. The van der Waals surface area contributed by atoms with E-state index in [0.717, 1.165) is 5.56 Å². The lowest BCUT2D eigenvalue weighted by Gasteiger charge is -2.11. The molecule has 98 valence electrons. The lowest BCUT2D eigenvalue weighted by Crippen LogP contribution is -2.28. The average Bonchev–Trinajstić information content (AvgIpc) is 2.46. The SMILES string of the molecule is Cc1ccc(CNC(=O)C(O)c2ccccc2)cc1. The van der Waals surface area contributed by atoms with Crippen LogP contribution in [0.25, 0.3) is 0 Å². The van der Waals surface area contributed by atoms with Gasteiger partial charge in [-0.3, -0.25) is 4.79 Å². The summed E-state index contributed by atoms with van der Waals surface area (Å²) in [6, 6.07) is 16.8. The van der Waals surface area contributed by atoms with Crippen LogP contribution in [0.2, 0.25) is 0 Å². The van der Waals surface area contributed by atoms with Crippen molar-refractivity contribution in [3.63, 3.8) is 0 Å². The van der Waals surface area contributed by atoms with E-state index in [-0.39, 0.29) is 5.91 Å². The highest BCUT2D eigenvalue weighted by Gasteiger charge is 2.16. The number of aryl methyl sites for hydroxylation is 1. The number of nitrogens with one attached hydrogen (secondary N) is 1. The van der Waals surface area contributed by atoms with Crippen molar-refractivity contribution in [1.29, 1.82) is 0 Å². The minimum atomic E-state index is -1.12. The lowest BCUT2D eigenvalue weighted by molar-refractivity contribution is -0.129. The van der Waals surface area contributed by atoms with Gasteiger partial charge in [0.15, 0.2) is 6.10 Å². The number of carbonyl (C=O) groups is 1. The van der Waals surface area contributed by atoms with Gasteiger partial charge in [-0.25, -0.2) is 0 Å². The fourth-order valence-corrected chi connectivity index (χ4v) is 1.78. The van der Waals surface area contributed by atoms with E-state index in [1.54, 1.807) is 24.3 Å². The Morgan fingerprint density at radius 2 is 1.74 bits per heavy atom. The van der Waals surface area contributed by atoms with Crippen LogP contribution in [0.4, 0.5) is 0 Å². The van der Waals surface area contributed by atoms with Gasteiger partial charge in [0, 0.05) is 6.54 Å². The van der Waals surface area contributed by atoms with E-state index >= 15 is 0 Å². The summed E-state index contributed by atoms with van der Waals surface area (Å²) in [4.78, 5) is 11.8. The van der Waals surface area contributed by atoms with Crippen LogP contribution in [-0.4, -0.2) is 11.0 Å². The monoisotopic (exact) mass is 255 g/mol. The summed E-state index contributed by atoms with van der Waals surface area (Å²) < 4.78 is 0. The fourth-order valence-electron chi connectivity index (χ4n) is 1.78. The summed E-state index contributed by atoms with van der Waals surface area (Å²) in [5.41, 5.74) is 2.79. The van der Waals surface area contributed by atoms with Gasteiger partial charge in [0.25, 0.3) is 5.91 Å². The number of aliphatic hydroxyl groups excluding tert-OH is 1. The third kappa shape index (κ3) is 3.66. The summed E-state index contributed by atoms with van der Waals surface area (Å²) in [7, 11) is 0. The van der Waals surface area contributed by atoms with E-state index in [1.165, 1.54) is 5.56 Å². The highest BCUT2D eigenvalue weighted by atomic mass is 16.3. The number of rotatable bonds is 4. The van der Waals surface area contributed by atoms with Crippen molar-refractivity contribution in [2.45, 2.75) is 19.6 Å². The van der Waals surface area contributed by atoms with Crippen LogP contribution in [0.15, 0.2) is 54.6 Å². The van der Waals surface area contributed by atoms with Crippen molar-refractivity contribution < 1.29 is 9.90 Å². The van der Waals surface area contributed by atoms with Crippen molar-refractivity contribution in [3.05, 3.63) is 71.3 Å². The largest absolute Gasteiger partial charge is 0.378 e. The zero-order chi connectivity index (χ0) is 13.7. The van der Waals surface area contributed by atoms with Gasteiger partial charge in [0.1, 0.15) is 0 Å². The van der Waals surface area contributed by atoms with Crippen molar-refractivity contribution in [3.8, 4) is 0 Å². The van der Waals surface area contributed by atoms with E-state index in [4.69, 9.17) is 0 Å². The van der Waals surface area contributed by atoms with Gasteiger partial charge in [-0.1, -0.05) is 60.2 Å². The smallest absolute Gasteiger partial charge is 0.253 e. The number of carbonyl (C=O) groups excluding carboxylic acids is 1. The van der Waals surface area contributed by atoms with Gasteiger partial charge in [0.2, 0.25) is 0 Å². The molecule has 0 heterocycles. The molecule has 1 atom stereocenters. The Morgan fingerprint density at radius 1 is 1.11 bits per heavy atom. The predicted molar refractivity (Wildman–Crippen MR) is 74.4 cm³/mol. The summed E-state index contributed by atoms with van der Waals surface area (Å²) >= 11 is 0. The van der Waals surface area contributed by atoms with Crippen LogP contribution in [0, 0.1) is 6.92 Å². The molecule has 0 saturated carbocycles. The first kappa shape index (κ1) is 13.3. The number of aliphatic hydroxyl groups is 1. The molecule has 1 amide bonds. The minimum absolute atomic E-state index is 0.383. The van der Waals surface area contributed by atoms with Crippen molar-refractivity contribution in [2.24, 2.45) is 0 Å². The fraction of sp³-hybridized carbons (Fsp3) is 0.188. The quantitative estimate of drug-likeness (QED) is 0.881. The third-order valence-corrected chi connectivity index (χ3v) is 2.95. The van der Waals surface area contributed by atoms with Gasteiger partial charge in [-0.05, 0) is 18.1 Å². The van der Waals surface area contributed by atoms with Gasteiger partial charge < -0.3 is 10.4 Å². The second kappa shape index (κ2) is 6.16. The maximum absolute atomic E-state index is 11.8. The van der Waals surface area contributed by atoms with E-state index in [1.807, 2.05) is 37.3 Å². The average molecular weight is 255 g/mol. The molecule has 0 aliphatic rings. The van der Waals surface area contributed by atoms with Crippen molar-refractivity contribution >= 4 is 5.91 Å².